The zero-order valence-electron chi connectivity index (χ0n) is 12.8. The van der Waals surface area contributed by atoms with E-state index < -0.39 is 0 Å². The lowest BCUT2D eigenvalue weighted by Crippen LogP contribution is -2.07. The number of rotatable bonds is 5. The normalized spacial score (nSPS) is 10.7. The van der Waals surface area contributed by atoms with Gasteiger partial charge in [0.25, 0.3) is 5.88 Å². The molecule has 0 spiro atoms. The number of benzene rings is 1. The Kier molecular flexibility index (Phi) is 4.07. The first-order valence-electron chi connectivity index (χ1n) is 7.27. The van der Waals surface area contributed by atoms with Gasteiger partial charge in [-0.1, -0.05) is 28.5 Å². The molecule has 0 bridgehead atoms. The molecule has 1 aromatic carbocycles. The maximum Gasteiger partial charge on any atom is 0.285 e. The number of nitrogen functional groups attached to an aromatic ring is 1. The quantitative estimate of drug-likeness (QED) is 0.417. The van der Waals surface area contributed by atoms with Crippen LogP contribution < -0.4 is 16.1 Å². The Balaban J connectivity index is 1.48. The van der Waals surface area contributed by atoms with Crippen molar-refractivity contribution in [3.63, 3.8) is 0 Å². The highest BCUT2D eigenvalue weighted by molar-refractivity contribution is 7.22. The lowest BCUT2D eigenvalue weighted by Gasteiger charge is -2.07. The summed E-state index contributed by atoms with van der Waals surface area (Å²) in [7, 11) is 0. The fraction of sp³-hybridized carbons (Fsp3) is 0. The van der Waals surface area contributed by atoms with Crippen LogP contribution in [0.3, 0.4) is 0 Å². The summed E-state index contributed by atoms with van der Waals surface area (Å²) in [6.07, 6.45) is 4.65. The predicted molar refractivity (Wildman–Crippen MR) is 94.6 cm³/mol. The molecule has 3 aromatic heterocycles. The molecule has 0 saturated carbocycles. The van der Waals surface area contributed by atoms with Crippen LogP contribution in [0.5, 0.6) is 5.88 Å². The van der Waals surface area contributed by atoms with Gasteiger partial charge >= 0.3 is 0 Å². The Labute approximate surface area is 146 Å². The Morgan fingerprint density at radius 2 is 1.88 bits per heavy atom. The minimum absolute atomic E-state index is 0.197. The average Bonchev–Trinajstić information content (AvgIpc) is 3.06. The van der Waals surface area contributed by atoms with E-state index in [2.05, 4.69) is 25.4 Å². The van der Waals surface area contributed by atoms with Gasteiger partial charge in [-0.25, -0.2) is 19.9 Å². The van der Waals surface area contributed by atoms with Crippen molar-refractivity contribution in [1.82, 2.24) is 19.9 Å². The molecular weight excluding hydrogens is 340 g/mol. The third-order valence-electron chi connectivity index (χ3n) is 3.27. The molecule has 0 unspecified atom stereocenters. The van der Waals surface area contributed by atoms with Gasteiger partial charge in [0, 0.05) is 24.2 Å². The summed E-state index contributed by atoms with van der Waals surface area (Å²) < 4.78 is 1.04. The second-order valence-electron chi connectivity index (χ2n) is 4.94. The second kappa shape index (κ2) is 6.67. The predicted octanol–water partition coefficient (Wildman–Crippen LogP) is 3.07. The topological polar surface area (TPSA) is 108 Å². The third-order valence-corrected chi connectivity index (χ3v) is 4.20. The van der Waals surface area contributed by atoms with E-state index in [4.69, 9.17) is 15.6 Å². The first-order chi connectivity index (χ1) is 12.3. The molecule has 0 atom stereocenters. The van der Waals surface area contributed by atoms with Gasteiger partial charge < -0.3 is 5.73 Å². The Morgan fingerprint density at radius 3 is 2.72 bits per heavy atom. The summed E-state index contributed by atoms with van der Waals surface area (Å²) in [5, 5.41) is 0.570. The summed E-state index contributed by atoms with van der Waals surface area (Å²) in [6.45, 7) is 0. The van der Waals surface area contributed by atoms with Gasteiger partial charge in [-0.2, -0.15) is 5.48 Å². The number of para-hydroxylation sites is 1. The van der Waals surface area contributed by atoms with Gasteiger partial charge in [0.1, 0.15) is 11.5 Å². The van der Waals surface area contributed by atoms with Crippen molar-refractivity contribution in [1.29, 1.82) is 0 Å². The molecule has 0 amide bonds. The first-order valence-corrected chi connectivity index (χ1v) is 8.09. The molecule has 0 aliphatic rings. The molecule has 3 heterocycles. The number of hydrogen-bond donors (Lipinski definition) is 2. The summed E-state index contributed by atoms with van der Waals surface area (Å²) in [5.41, 5.74) is 10.3. The van der Waals surface area contributed by atoms with Gasteiger partial charge in [0.15, 0.2) is 0 Å². The van der Waals surface area contributed by atoms with Crippen LogP contribution in [-0.2, 0) is 4.99 Å². The molecule has 124 valence electrons. The van der Waals surface area contributed by atoms with Crippen molar-refractivity contribution in [3.05, 3.63) is 55.0 Å². The van der Waals surface area contributed by atoms with Crippen LogP contribution in [0.1, 0.15) is 0 Å². The molecule has 0 aliphatic carbocycles. The smallest absolute Gasteiger partial charge is 0.285 e. The van der Waals surface area contributed by atoms with Gasteiger partial charge in [0.05, 0.1) is 10.2 Å². The van der Waals surface area contributed by atoms with Gasteiger partial charge in [-0.15, -0.1) is 0 Å². The monoisotopic (exact) mass is 352 g/mol. The van der Waals surface area contributed by atoms with Crippen LogP contribution in [-0.4, -0.2) is 19.9 Å². The second-order valence-corrected chi connectivity index (χ2v) is 5.97. The lowest BCUT2D eigenvalue weighted by molar-refractivity contribution is -0.181. The van der Waals surface area contributed by atoms with Crippen molar-refractivity contribution in [3.8, 4) is 17.1 Å². The van der Waals surface area contributed by atoms with E-state index in [1.165, 1.54) is 17.5 Å². The molecule has 9 heteroatoms. The van der Waals surface area contributed by atoms with E-state index in [-0.39, 0.29) is 5.88 Å². The molecule has 0 saturated heterocycles. The number of pyridine rings is 1. The van der Waals surface area contributed by atoms with Crippen molar-refractivity contribution >= 4 is 32.5 Å². The number of fused-ring (bicyclic) bond motifs is 1. The minimum Gasteiger partial charge on any atom is -0.384 e. The number of nitrogens with two attached hydrogens (primary N) is 1. The molecular formula is C16H12N6O2S. The van der Waals surface area contributed by atoms with Crippen LogP contribution in [0.25, 0.3) is 21.5 Å². The number of anilines is 2. The van der Waals surface area contributed by atoms with Crippen LogP contribution in [0.2, 0.25) is 0 Å². The lowest BCUT2D eigenvalue weighted by atomic mass is 10.2. The first kappa shape index (κ1) is 15.2. The highest BCUT2D eigenvalue weighted by Crippen LogP contribution is 2.27. The summed E-state index contributed by atoms with van der Waals surface area (Å²) in [4.78, 5) is 27.1. The van der Waals surface area contributed by atoms with Crippen LogP contribution in [0.15, 0.2) is 55.0 Å². The third kappa shape index (κ3) is 3.32. The van der Waals surface area contributed by atoms with E-state index in [0.717, 1.165) is 10.2 Å². The zero-order valence-corrected chi connectivity index (χ0v) is 13.6. The van der Waals surface area contributed by atoms with Crippen LogP contribution >= 0.6 is 11.3 Å². The molecule has 3 N–H and O–H groups in total. The summed E-state index contributed by atoms with van der Waals surface area (Å²) in [5.74, 6) is 0.617. The number of nitrogens with zero attached hydrogens (tertiary/aromatic N) is 4. The molecule has 4 rings (SSSR count). The fourth-order valence-corrected chi connectivity index (χ4v) is 2.93. The van der Waals surface area contributed by atoms with Crippen molar-refractivity contribution in [2.45, 2.75) is 0 Å². The zero-order chi connectivity index (χ0) is 17.1. The summed E-state index contributed by atoms with van der Waals surface area (Å²) >= 11 is 1.45. The summed E-state index contributed by atoms with van der Waals surface area (Å²) in [6, 6.07) is 11.2. The SMILES string of the molecule is Nc1ccc(-c2nccnc2OONc2nc3ccccc3s2)cn1. The van der Waals surface area contributed by atoms with E-state index >= 15 is 0 Å². The van der Waals surface area contributed by atoms with Gasteiger partial charge in [0.2, 0.25) is 5.13 Å². The number of aromatic nitrogens is 4. The van der Waals surface area contributed by atoms with Crippen molar-refractivity contribution in [2.24, 2.45) is 0 Å². The van der Waals surface area contributed by atoms with Crippen molar-refractivity contribution in [2.75, 3.05) is 11.2 Å². The van der Waals surface area contributed by atoms with Gasteiger partial charge in [-0.3, -0.25) is 4.89 Å². The molecule has 4 aromatic rings. The van der Waals surface area contributed by atoms with Crippen LogP contribution in [0.4, 0.5) is 10.9 Å². The maximum atomic E-state index is 5.60. The number of thiazole rings is 1. The number of nitrogens with one attached hydrogen (secondary N) is 1. The van der Waals surface area contributed by atoms with E-state index in [1.54, 1.807) is 24.5 Å². The average molecular weight is 352 g/mol. The van der Waals surface area contributed by atoms with E-state index in [1.807, 2.05) is 24.3 Å². The molecule has 0 radical (unpaired) electrons. The fourth-order valence-electron chi connectivity index (χ4n) is 2.14. The highest BCUT2D eigenvalue weighted by atomic mass is 32.1. The standard InChI is InChI=1S/C16H12N6O2S/c17-13-6-5-10(9-20-13)14-15(19-8-7-18-14)23-24-22-16-21-11-3-1-2-4-12(11)25-16/h1-9H,(H2,17,20)(H,21,22). The van der Waals surface area contributed by atoms with Gasteiger partial charge in [-0.05, 0) is 24.3 Å². The van der Waals surface area contributed by atoms with E-state index in [9.17, 15) is 0 Å². The molecule has 8 nitrogen and oxygen atoms in total. The maximum absolute atomic E-state index is 5.60. The highest BCUT2D eigenvalue weighted by Gasteiger charge is 2.11. The Morgan fingerprint density at radius 1 is 1.00 bits per heavy atom. The Hall–Kier alpha value is -3.30. The van der Waals surface area contributed by atoms with Crippen LogP contribution in [0, 0.1) is 0 Å². The molecule has 0 aliphatic heterocycles. The number of hydrogen-bond acceptors (Lipinski definition) is 9. The van der Waals surface area contributed by atoms with Crippen molar-refractivity contribution < 1.29 is 9.88 Å². The van der Waals surface area contributed by atoms with E-state index in [0.29, 0.717) is 22.2 Å². The Bertz CT molecular complexity index is 972. The minimum atomic E-state index is 0.197. The molecule has 0 fully saturated rings. The molecule has 25 heavy (non-hydrogen) atoms. The largest absolute Gasteiger partial charge is 0.384 e.